The second-order valence-electron chi connectivity index (χ2n) is 5.15. The Bertz CT molecular complexity index is 554. The number of nitrogens with one attached hydrogen (secondary N) is 1. The maximum absolute atomic E-state index is 5.87. The van der Waals surface area contributed by atoms with Crippen LogP contribution in [0.15, 0.2) is 24.5 Å². The molecule has 1 N–H and O–H groups in total. The molecule has 5 nitrogen and oxygen atoms in total. The van der Waals surface area contributed by atoms with Crippen LogP contribution in [0.5, 0.6) is 0 Å². The number of fused-ring (bicyclic) bond motifs is 1. The van der Waals surface area contributed by atoms with Gasteiger partial charge in [-0.25, -0.2) is 9.97 Å². The number of nitrogens with zero attached hydrogens (tertiary/aromatic N) is 3. The molecule has 0 atom stereocenters. The van der Waals surface area contributed by atoms with Crippen LogP contribution in [-0.2, 0) is 4.74 Å². The molecule has 3 rings (SSSR count). The molecule has 0 unspecified atom stereocenters. The van der Waals surface area contributed by atoms with E-state index in [9.17, 15) is 0 Å². The topological polar surface area (TPSA) is 59.9 Å². The van der Waals surface area contributed by atoms with Crippen LogP contribution < -0.4 is 5.32 Å². The highest BCUT2D eigenvalue weighted by Crippen LogP contribution is 2.20. The van der Waals surface area contributed by atoms with Crippen molar-refractivity contribution in [3.63, 3.8) is 0 Å². The lowest BCUT2D eigenvalue weighted by Gasteiger charge is -2.22. The zero-order valence-electron chi connectivity index (χ0n) is 11.6. The summed E-state index contributed by atoms with van der Waals surface area (Å²) in [6, 6.07) is 3.86. The molecule has 1 aliphatic rings. The van der Waals surface area contributed by atoms with Gasteiger partial charge in [0, 0.05) is 18.9 Å². The minimum Gasteiger partial charge on any atom is -0.376 e. The van der Waals surface area contributed by atoms with E-state index in [-0.39, 0.29) is 0 Å². The second kappa shape index (κ2) is 6.61. The van der Waals surface area contributed by atoms with E-state index in [1.807, 2.05) is 12.1 Å². The van der Waals surface area contributed by atoms with Crippen LogP contribution >= 0.6 is 0 Å². The highest BCUT2D eigenvalue weighted by molar-refractivity contribution is 5.71. The lowest BCUT2D eigenvalue weighted by atomic mass is 9.98. The van der Waals surface area contributed by atoms with Crippen LogP contribution in [0.3, 0.4) is 0 Å². The molecule has 0 aliphatic heterocycles. The maximum atomic E-state index is 5.87. The number of rotatable bonds is 5. The van der Waals surface area contributed by atoms with Gasteiger partial charge >= 0.3 is 0 Å². The molecule has 20 heavy (non-hydrogen) atoms. The zero-order chi connectivity index (χ0) is 13.6. The SMILES string of the molecule is c1cnc2nc(NCCOC3CCCCC3)ccc2n1. The van der Waals surface area contributed by atoms with Gasteiger partial charge in [0.1, 0.15) is 11.3 Å². The molecule has 106 valence electrons. The van der Waals surface area contributed by atoms with Crippen LogP contribution in [0.25, 0.3) is 11.2 Å². The van der Waals surface area contributed by atoms with Crippen LogP contribution in [0.4, 0.5) is 5.82 Å². The fraction of sp³-hybridized carbons (Fsp3) is 0.533. The molecule has 1 aliphatic carbocycles. The first kappa shape index (κ1) is 13.2. The Hall–Kier alpha value is -1.75. The largest absolute Gasteiger partial charge is 0.376 e. The van der Waals surface area contributed by atoms with Crippen molar-refractivity contribution in [2.45, 2.75) is 38.2 Å². The van der Waals surface area contributed by atoms with Crippen molar-refractivity contribution >= 4 is 17.0 Å². The van der Waals surface area contributed by atoms with Gasteiger partial charge in [0.25, 0.3) is 0 Å². The zero-order valence-corrected chi connectivity index (χ0v) is 11.6. The van der Waals surface area contributed by atoms with Gasteiger partial charge in [-0.1, -0.05) is 19.3 Å². The molecule has 0 spiro atoms. The number of ether oxygens (including phenoxy) is 1. The summed E-state index contributed by atoms with van der Waals surface area (Å²) in [5.41, 5.74) is 1.49. The van der Waals surface area contributed by atoms with E-state index in [1.54, 1.807) is 12.4 Å². The van der Waals surface area contributed by atoms with Crippen LogP contribution in [0.2, 0.25) is 0 Å². The first-order chi connectivity index (χ1) is 9.92. The molecule has 1 saturated carbocycles. The highest BCUT2D eigenvalue weighted by atomic mass is 16.5. The normalized spacial score (nSPS) is 16.4. The summed E-state index contributed by atoms with van der Waals surface area (Å²) >= 11 is 0. The third-order valence-corrected chi connectivity index (χ3v) is 3.65. The second-order valence-corrected chi connectivity index (χ2v) is 5.15. The summed E-state index contributed by atoms with van der Waals surface area (Å²) in [4.78, 5) is 12.8. The number of anilines is 1. The van der Waals surface area contributed by atoms with Crippen molar-refractivity contribution in [3.05, 3.63) is 24.5 Å². The molecular formula is C15H20N4O. The van der Waals surface area contributed by atoms with Crippen molar-refractivity contribution in [2.75, 3.05) is 18.5 Å². The predicted molar refractivity (Wildman–Crippen MR) is 78.6 cm³/mol. The van der Waals surface area contributed by atoms with Crippen molar-refractivity contribution in [1.82, 2.24) is 15.0 Å². The quantitative estimate of drug-likeness (QED) is 0.848. The van der Waals surface area contributed by atoms with Gasteiger partial charge in [-0.3, -0.25) is 4.98 Å². The highest BCUT2D eigenvalue weighted by Gasteiger charge is 2.12. The smallest absolute Gasteiger partial charge is 0.180 e. The average Bonchev–Trinajstić information content (AvgIpc) is 2.52. The molecule has 2 heterocycles. The Morgan fingerprint density at radius 1 is 1.10 bits per heavy atom. The van der Waals surface area contributed by atoms with E-state index in [0.717, 1.165) is 24.5 Å². The van der Waals surface area contributed by atoms with E-state index in [0.29, 0.717) is 11.8 Å². The third-order valence-electron chi connectivity index (χ3n) is 3.65. The fourth-order valence-electron chi connectivity index (χ4n) is 2.59. The molecular weight excluding hydrogens is 252 g/mol. The first-order valence-electron chi connectivity index (χ1n) is 7.35. The van der Waals surface area contributed by atoms with Gasteiger partial charge in [-0.05, 0) is 25.0 Å². The van der Waals surface area contributed by atoms with E-state index < -0.39 is 0 Å². The van der Waals surface area contributed by atoms with Gasteiger partial charge in [0.05, 0.1) is 12.7 Å². The minimum atomic E-state index is 0.459. The van der Waals surface area contributed by atoms with Gasteiger partial charge in [0.15, 0.2) is 5.65 Å². The molecule has 1 fully saturated rings. The molecule has 2 aromatic heterocycles. The summed E-state index contributed by atoms with van der Waals surface area (Å²) in [6.45, 7) is 1.50. The van der Waals surface area contributed by atoms with Crippen molar-refractivity contribution < 1.29 is 4.74 Å². The fourth-order valence-corrected chi connectivity index (χ4v) is 2.59. The molecule has 2 aromatic rings. The van der Waals surface area contributed by atoms with E-state index in [1.165, 1.54) is 32.1 Å². The molecule has 0 saturated heterocycles. The van der Waals surface area contributed by atoms with E-state index in [4.69, 9.17) is 4.74 Å². The molecule has 0 radical (unpaired) electrons. The van der Waals surface area contributed by atoms with Crippen LogP contribution in [0.1, 0.15) is 32.1 Å². The Morgan fingerprint density at radius 3 is 2.85 bits per heavy atom. The van der Waals surface area contributed by atoms with Gasteiger partial charge in [-0.15, -0.1) is 0 Å². The summed E-state index contributed by atoms with van der Waals surface area (Å²) in [6.07, 6.45) is 10.2. The van der Waals surface area contributed by atoms with Gasteiger partial charge < -0.3 is 10.1 Å². The number of pyridine rings is 1. The van der Waals surface area contributed by atoms with E-state index in [2.05, 4.69) is 20.3 Å². The van der Waals surface area contributed by atoms with Crippen molar-refractivity contribution in [1.29, 1.82) is 0 Å². The Balaban J connectivity index is 1.47. The van der Waals surface area contributed by atoms with Crippen molar-refractivity contribution in [2.24, 2.45) is 0 Å². The standard InChI is InChI=1S/C15H20N4O/c1-2-4-12(5-3-1)20-11-10-17-14-7-6-13-15(19-14)18-9-8-16-13/h6-9,12H,1-5,10-11H2,(H,17,18,19). The minimum absolute atomic E-state index is 0.459. The van der Waals surface area contributed by atoms with Crippen LogP contribution in [0, 0.1) is 0 Å². The maximum Gasteiger partial charge on any atom is 0.180 e. The summed E-state index contributed by atoms with van der Waals surface area (Å²) in [5.74, 6) is 0.824. The Labute approximate surface area is 118 Å². The number of hydrogen-bond donors (Lipinski definition) is 1. The van der Waals surface area contributed by atoms with E-state index >= 15 is 0 Å². The summed E-state index contributed by atoms with van der Waals surface area (Å²) in [7, 11) is 0. The van der Waals surface area contributed by atoms with Crippen LogP contribution in [-0.4, -0.2) is 34.2 Å². The summed E-state index contributed by atoms with van der Waals surface area (Å²) in [5, 5.41) is 3.27. The van der Waals surface area contributed by atoms with Gasteiger partial charge in [0.2, 0.25) is 0 Å². The lowest BCUT2D eigenvalue weighted by Crippen LogP contribution is -2.20. The predicted octanol–water partition coefficient (Wildman–Crippen LogP) is 2.79. The Morgan fingerprint density at radius 2 is 1.95 bits per heavy atom. The molecule has 0 bridgehead atoms. The molecule has 0 amide bonds. The van der Waals surface area contributed by atoms with Crippen molar-refractivity contribution in [3.8, 4) is 0 Å². The van der Waals surface area contributed by atoms with Gasteiger partial charge in [-0.2, -0.15) is 0 Å². The monoisotopic (exact) mass is 272 g/mol. The average molecular weight is 272 g/mol. The summed E-state index contributed by atoms with van der Waals surface area (Å²) < 4.78 is 5.87. The number of hydrogen-bond acceptors (Lipinski definition) is 5. The Kier molecular flexibility index (Phi) is 4.38. The number of aromatic nitrogens is 3. The first-order valence-corrected chi connectivity index (χ1v) is 7.35. The molecule has 0 aromatic carbocycles. The molecule has 5 heteroatoms. The third kappa shape index (κ3) is 3.42. The lowest BCUT2D eigenvalue weighted by molar-refractivity contribution is 0.0347.